The first kappa shape index (κ1) is 15.9. The Balaban J connectivity index is 1.95. The van der Waals surface area contributed by atoms with Crippen molar-refractivity contribution in [2.24, 2.45) is 5.41 Å². The van der Waals surface area contributed by atoms with Crippen molar-refractivity contribution in [3.05, 3.63) is 28.2 Å². The Bertz CT molecular complexity index is 499. The van der Waals surface area contributed by atoms with E-state index >= 15 is 0 Å². The molecular weight excluding hydrogens is 336 g/mol. The van der Waals surface area contributed by atoms with Gasteiger partial charge in [0.1, 0.15) is 0 Å². The lowest BCUT2D eigenvalue weighted by atomic mass is 9.80. The molecule has 1 heterocycles. The van der Waals surface area contributed by atoms with Crippen molar-refractivity contribution >= 4 is 34.5 Å². The SMILES string of the molecule is CN1CCC(C)(CNC(=O)c2ccc(Br)cc2S)CC1. The first-order valence-electron chi connectivity index (χ1n) is 6.85. The highest BCUT2D eigenvalue weighted by atomic mass is 79.9. The van der Waals surface area contributed by atoms with Gasteiger partial charge >= 0.3 is 0 Å². The van der Waals surface area contributed by atoms with Gasteiger partial charge in [0.25, 0.3) is 5.91 Å². The van der Waals surface area contributed by atoms with Gasteiger partial charge in [-0.2, -0.15) is 0 Å². The zero-order valence-corrected chi connectivity index (χ0v) is 14.4. The maximum atomic E-state index is 12.2. The zero-order valence-electron chi connectivity index (χ0n) is 11.9. The maximum Gasteiger partial charge on any atom is 0.252 e. The van der Waals surface area contributed by atoms with Crippen LogP contribution in [0.1, 0.15) is 30.1 Å². The summed E-state index contributed by atoms with van der Waals surface area (Å²) in [6.45, 7) is 5.18. The van der Waals surface area contributed by atoms with Crippen molar-refractivity contribution in [1.29, 1.82) is 0 Å². The molecule has 3 nitrogen and oxygen atoms in total. The number of rotatable bonds is 3. The molecule has 5 heteroatoms. The summed E-state index contributed by atoms with van der Waals surface area (Å²) in [5.74, 6) is -0.0392. The van der Waals surface area contributed by atoms with Crippen molar-refractivity contribution in [3.8, 4) is 0 Å². The van der Waals surface area contributed by atoms with E-state index in [1.165, 1.54) is 0 Å². The van der Waals surface area contributed by atoms with Crippen LogP contribution in [0.5, 0.6) is 0 Å². The Labute approximate surface area is 134 Å². The van der Waals surface area contributed by atoms with Crippen LogP contribution in [-0.2, 0) is 0 Å². The third-order valence-electron chi connectivity index (χ3n) is 4.07. The Morgan fingerprint density at radius 2 is 2.10 bits per heavy atom. The second-order valence-electron chi connectivity index (χ2n) is 5.96. The molecule has 0 bridgehead atoms. The van der Waals surface area contributed by atoms with Crippen LogP contribution in [0.3, 0.4) is 0 Å². The fraction of sp³-hybridized carbons (Fsp3) is 0.533. The third kappa shape index (κ3) is 3.99. The molecule has 0 spiro atoms. The number of thiol groups is 1. The quantitative estimate of drug-likeness (QED) is 0.815. The molecule has 0 radical (unpaired) electrons. The lowest BCUT2D eigenvalue weighted by Gasteiger charge is -2.38. The number of carbonyl (C=O) groups excluding carboxylic acids is 1. The Kier molecular flexibility index (Phi) is 5.15. The number of hydrogen-bond acceptors (Lipinski definition) is 3. The molecule has 1 saturated heterocycles. The van der Waals surface area contributed by atoms with Crippen molar-refractivity contribution in [2.75, 3.05) is 26.7 Å². The molecule has 20 heavy (non-hydrogen) atoms. The minimum atomic E-state index is -0.0392. The molecule has 0 aromatic heterocycles. The number of hydrogen-bond donors (Lipinski definition) is 2. The minimum Gasteiger partial charge on any atom is -0.351 e. The van der Waals surface area contributed by atoms with Crippen LogP contribution >= 0.6 is 28.6 Å². The molecular formula is C15H21BrN2OS. The maximum absolute atomic E-state index is 12.2. The molecule has 0 atom stereocenters. The molecule has 0 unspecified atom stereocenters. The summed E-state index contributed by atoms with van der Waals surface area (Å²) in [4.78, 5) is 15.3. The summed E-state index contributed by atoms with van der Waals surface area (Å²) >= 11 is 7.74. The van der Waals surface area contributed by atoms with Gasteiger partial charge in [0.05, 0.1) is 5.56 Å². The van der Waals surface area contributed by atoms with Gasteiger partial charge in [-0.1, -0.05) is 22.9 Å². The Morgan fingerprint density at radius 3 is 2.70 bits per heavy atom. The van der Waals surface area contributed by atoms with Crippen LogP contribution in [0.15, 0.2) is 27.6 Å². The zero-order chi connectivity index (χ0) is 14.8. The van der Waals surface area contributed by atoms with E-state index in [4.69, 9.17) is 0 Å². The van der Waals surface area contributed by atoms with Gasteiger partial charge in [-0.05, 0) is 56.6 Å². The average Bonchev–Trinajstić information content (AvgIpc) is 2.40. The van der Waals surface area contributed by atoms with E-state index in [9.17, 15) is 4.79 Å². The summed E-state index contributed by atoms with van der Waals surface area (Å²) in [7, 11) is 2.15. The van der Waals surface area contributed by atoms with Gasteiger partial charge in [0, 0.05) is 15.9 Å². The number of halogens is 1. The molecule has 110 valence electrons. The summed E-state index contributed by atoms with van der Waals surface area (Å²) in [6.07, 6.45) is 2.25. The molecule has 1 aromatic rings. The van der Waals surface area contributed by atoms with E-state index in [2.05, 4.69) is 52.7 Å². The third-order valence-corrected chi connectivity index (χ3v) is 4.94. The Morgan fingerprint density at radius 1 is 1.45 bits per heavy atom. The van der Waals surface area contributed by atoms with Crippen LogP contribution in [0.4, 0.5) is 0 Å². The van der Waals surface area contributed by atoms with E-state index < -0.39 is 0 Å². The highest BCUT2D eigenvalue weighted by molar-refractivity contribution is 9.10. The number of benzene rings is 1. The summed E-state index contributed by atoms with van der Waals surface area (Å²) in [5.41, 5.74) is 0.835. The van der Waals surface area contributed by atoms with E-state index in [1.54, 1.807) is 6.07 Å². The van der Waals surface area contributed by atoms with Crippen LogP contribution in [0, 0.1) is 5.41 Å². The van der Waals surface area contributed by atoms with E-state index in [-0.39, 0.29) is 11.3 Å². The van der Waals surface area contributed by atoms with Crippen LogP contribution in [0.25, 0.3) is 0 Å². The number of amides is 1. The van der Waals surface area contributed by atoms with Crippen LogP contribution in [-0.4, -0.2) is 37.5 Å². The molecule has 0 saturated carbocycles. The summed E-state index contributed by atoms with van der Waals surface area (Å²) in [5, 5.41) is 3.06. The van der Waals surface area contributed by atoms with E-state index in [0.29, 0.717) is 10.5 Å². The van der Waals surface area contributed by atoms with Gasteiger partial charge < -0.3 is 10.2 Å². The van der Waals surface area contributed by atoms with Gasteiger partial charge in [-0.3, -0.25) is 4.79 Å². The van der Waals surface area contributed by atoms with Crippen molar-refractivity contribution < 1.29 is 4.79 Å². The molecule has 2 rings (SSSR count). The highest BCUT2D eigenvalue weighted by Gasteiger charge is 2.29. The minimum absolute atomic E-state index is 0.0392. The van der Waals surface area contributed by atoms with Crippen LogP contribution in [0.2, 0.25) is 0 Å². The second-order valence-corrected chi connectivity index (χ2v) is 7.36. The van der Waals surface area contributed by atoms with Crippen molar-refractivity contribution in [2.45, 2.75) is 24.7 Å². The average molecular weight is 357 g/mol. The highest BCUT2D eigenvalue weighted by Crippen LogP contribution is 2.29. The van der Waals surface area contributed by atoms with Crippen molar-refractivity contribution in [1.82, 2.24) is 10.2 Å². The topological polar surface area (TPSA) is 32.3 Å². The van der Waals surface area contributed by atoms with Gasteiger partial charge in [0.2, 0.25) is 0 Å². The lowest BCUT2D eigenvalue weighted by molar-refractivity contribution is 0.0889. The largest absolute Gasteiger partial charge is 0.351 e. The standard InChI is InChI=1S/C15H21BrN2OS/c1-15(5-7-18(2)8-6-15)10-17-14(19)12-4-3-11(16)9-13(12)20/h3-4,9,20H,5-8,10H2,1-2H3,(H,17,19). The number of nitrogens with zero attached hydrogens (tertiary/aromatic N) is 1. The molecule has 1 aliphatic heterocycles. The van der Waals surface area contributed by atoms with Crippen molar-refractivity contribution in [3.63, 3.8) is 0 Å². The van der Waals surface area contributed by atoms with Crippen LogP contribution < -0.4 is 5.32 Å². The fourth-order valence-corrected chi connectivity index (χ4v) is 3.27. The fourth-order valence-electron chi connectivity index (χ4n) is 2.42. The van der Waals surface area contributed by atoms with Gasteiger partial charge in [-0.15, -0.1) is 12.6 Å². The Hall–Kier alpha value is -0.520. The van der Waals surface area contributed by atoms with E-state index in [1.807, 2.05) is 12.1 Å². The number of likely N-dealkylation sites (tertiary alicyclic amines) is 1. The second kappa shape index (κ2) is 6.50. The molecule has 1 aromatic carbocycles. The molecule has 0 aliphatic carbocycles. The molecule has 1 aliphatic rings. The predicted octanol–water partition coefficient (Wildman–Crippen LogP) is 3.20. The number of piperidine rings is 1. The first-order chi connectivity index (χ1) is 9.39. The first-order valence-corrected chi connectivity index (χ1v) is 8.09. The molecule has 1 N–H and O–H groups in total. The summed E-state index contributed by atoms with van der Waals surface area (Å²) < 4.78 is 0.932. The smallest absolute Gasteiger partial charge is 0.252 e. The molecule has 1 fully saturated rings. The monoisotopic (exact) mass is 356 g/mol. The number of carbonyl (C=O) groups is 1. The van der Waals surface area contributed by atoms with E-state index in [0.717, 1.165) is 36.9 Å². The number of nitrogens with one attached hydrogen (secondary N) is 1. The lowest BCUT2D eigenvalue weighted by Crippen LogP contribution is -2.43. The predicted molar refractivity (Wildman–Crippen MR) is 88.6 cm³/mol. The molecule has 1 amide bonds. The van der Waals surface area contributed by atoms with Gasteiger partial charge in [-0.25, -0.2) is 0 Å². The summed E-state index contributed by atoms with van der Waals surface area (Å²) in [6, 6.07) is 5.51. The van der Waals surface area contributed by atoms with Gasteiger partial charge in [0.15, 0.2) is 0 Å². The normalized spacial score (nSPS) is 18.8.